The van der Waals surface area contributed by atoms with Gasteiger partial charge in [0.05, 0.1) is 12.1 Å². The van der Waals surface area contributed by atoms with Crippen molar-refractivity contribution < 1.29 is 9.53 Å². The number of hydrogen-bond donors (Lipinski definition) is 0. The van der Waals surface area contributed by atoms with Crippen molar-refractivity contribution in [3.63, 3.8) is 0 Å². The third kappa shape index (κ3) is 2.48. The van der Waals surface area contributed by atoms with Gasteiger partial charge < -0.3 is 4.74 Å². The highest BCUT2D eigenvalue weighted by atomic mass is 35.5. The van der Waals surface area contributed by atoms with E-state index < -0.39 is 0 Å². The number of nitrogens with zero attached hydrogens (tertiary/aromatic N) is 2. The molecular formula is C13H15ClN2O2. The van der Waals surface area contributed by atoms with Gasteiger partial charge in [0, 0.05) is 23.8 Å². The Kier molecular flexibility index (Phi) is 3.87. The maximum Gasteiger partial charge on any atom is 0.418 e. The summed E-state index contributed by atoms with van der Waals surface area (Å²) < 4.78 is 6.67. The van der Waals surface area contributed by atoms with Crippen molar-refractivity contribution in [1.29, 1.82) is 0 Å². The zero-order valence-corrected chi connectivity index (χ0v) is 11.2. The number of rotatable bonds is 3. The molecule has 0 atom stereocenters. The van der Waals surface area contributed by atoms with Crippen LogP contribution in [-0.4, -0.2) is 22.3 Å². The number of ether oxygens (including phenoxy) is 1. The van der Waals surface area contributed by atoms with E-state index in [0.717, 1.165) is 29.3 Å². The van der Waals surface area contributed by atoms with Gasteiger partial charge in [-0.05, 0) is 18.9 Å². The molecule has 0 saturated heterocycles. The number of carbonyl (C=O) groups excluding carboxylic acids is 1. The van der Waals surface area contributed by atoms with Crippen LogP contribution in [0.3, 0.4) is 0 Å². The van der Waals surface area contributed by atoms with E-state index in [4.69, 9.17) is 16.3 Å². The van der Waals surface area contributed by atoms with Gasteiger partial charge in [-0.1, -0.05) is 24.9 Å². The lowest BCUT2D eigenvalue weighted by Gasteiger charge is -2.05. The summed E-state index contributed by atoms with van der Waals surface area (Å²) in [5.74, 6) is 0. The molecule has 0 bridgehead atoms. The molecule has 0 saturated carbocycles. The van der Waals surface area contributed by atoms with Crippen molar-refractivity contribution in [3.8, 4) is 0 Å². The molecule has 0 aliphatic heterocycles. The molecule has 2 heterocycles. The number of aromatic nitrogens is 2. The van der Waals surface area contributed by atoms with Gasteiger partial charge in [0.2, 0.25) is 0 Å². The number of aryl methyl sites for hydroxylation is 1. The Morgan fingerprint density at radius 3 is 3.06 bits per heavy atom. The molecule has 0 aliphatic rings. The van der Waals surface area contributed by atoms with Crippen molar-refractivity contribution in [2.75, 3.05) is 6.61 Å². The Labute approximate surface area is 111 Å². The van der Waals surface area contributed by atoms with Gasteiger partial charge >= 0.3 is 6.09 Å². The second kappa shape index (κ2) is 5.40. The van der Waals surface area contributed by atoms with E-state index in [9.17, 15) is 4.79 Å². The van der Waals surface area contributed by atoms with Crippen molar-refractivity contribution in [2.24, 2.45) is 0 Å². The zero-order valence-electron chi connectivity index (χ0n) is 10.4. The summed E-state index contributed by atoms with van der Waals surface area (Å²) in [4.78, 5) is 16.0. The van der Waals surface area contributed by atoms with Gasteiger partial charge in [-0.25, -0.2) is 9.78 Å². The predicted octanol–water partition coefficient (Wildman–Crippen LogP) is 3.78. The number of unbranched alkanes of at least 4 members (excludes halogenated alkanes) is 1. The van der Waals surface area contributed by atoms with E-state index in [1.807, 2.05) is 6.92 Å². The van der Waals surface area contributed by atoms with E-state index in [-0.39, 0.29) is 6.09 Å². The first-order chi connectivity index (χ1) is 8.63. The van der Waals surface area contributed by atoms with Crippen LogP contribution in [0.5, 0.6) is 0 Å². The van der Waals surface area contributed by atoms with Crippen LogP contribution in [0.15, 0.2) is 18.5 Å². The highest BCUT2D eigenvalue weighted by Gasteiger charge is 2.13. The molecule has 2 aromatic rings. The minimum Gasteiger partial charge on any atom is -0.449 e. The summed E-state index contributed by atoms with van der Waals surface area (Å²) in [7, 11) is 0. The third-order valence-corrected chi connectivity index (χ3v) is 2.98. The average molecular weight is 267 g/mol. The van der Waals surface area contributed by atoms with Crippen molar-refractivity contribution in [2.45, 2.75) is 26.7 Å². The summed E-state index contributed by atoms with van der Waals surface area (Å²) in [6, 6.07) is 1.67. The highest BCUT2D eigenvalue weighted by Crippen LogP contribution is 2.22. The topological polar surface area (TPSA) is 44.1 Å². The van der Waals surface area contributed by atoms with Crippen LogP contribution in [0.2, 0.25) is 5.15 Å². The smallest absolute Gasteiger partial charge is 0.418 e. The Morgan fingerprint density at radius 1 is 1.56 bits per heavy atom. The molecule has 0 amide bonds. The molecular weight excluding hydrogens is 252 g/mol. The van der Waals surface area contributed by atoms with Crippen LogP contribution in [0.4, 0.5) is 4.79 Å². The zero-order chi connectivity index (χ0) is 13.1. The maximum atomic E-state index is 11.9. The van der Waals surface area contributed by atoms with Crippen molar-refractivity contribution in [3.05, 3.63) is 29.2 Å². The second-order valence-electron chi connectivity index (χ2n) is 4.17. The van der Waals surface area contributed by atoms with Gasteiger partial charge in [0.15, 0.2) is 0 Å². The van der Waals surface area contributed by atoms with Gasteiger partial charge in [-0.2, -0.15) is 0 Å². The van der Waals surface area contributed by atoms with Crippen LogP contribution in [0, 0.1) is 6.92 Å². The first-order valence-corrected chi connectivity index (χ1v) is 6.31. The van der Waals surface area contributed by atoms with E-state index in [1.54, 1.807) is 18.5 Å². The Balaban J connectivity index is 2.32. The molecule has 0 radical (unpaired) electrons. The van der Waals surface area contributed by atoms with Crippen LogP contribution >= 0.6 is 11.6 Å². The molecule has 0 spiro atoms. The lowest BCUT2D eigenvalue weighted by Crippen LogP contribution is -2.13. The standard InChI is InChI=1S/C13H15ClN2O2/c1-3-4-5-18-13(17)16-8-9(2)10-7-15-12(14)6-11(10)16/h6-8H,3-5H2,1-2H3. The van der Waals surface area contributed by atoms with E-state index in [1.165, 1.54) is 4.57 Å². The van der Waals surface area contributed by atoms with Gasteiger partial charge in [-0.15, -0.1) is 0 Å². The molecule has 0 aromatic carbocycles. The number of fused-ring (bicyclic) bond motifs is 1. The number of carbonyl (C=O) groups is 1. The number of pyridine rings is 1. The SMILES string of the molecule is CCCCOC(=O)n1cc(C)c2cnc(Cl)cc21. The minimum atomic E-state index is -0.371. The predicted molar refractivity (Wildman–Crippen MR) is 71.1 cm³/mol. The monoisotopic (exact) mass is 266 g/mol. The Morgan fingerprint density at radius 2 is 2.33 bits per heavy atom. The van der Waals surface area contributed by atoms with Gasteiger partial charge in [-0.3, -0.25) is 4.57 Å². The third-order valence-electron chi connectivity index (χ3n) is 2.78. The lowest BCUT2D eigenvalue weighted by molar-refractivity contribution is 0.147. The molecule has 0 unspecified atom stereocenters. The van der Waals surface area contributed by atoms with Gasteiger partial charge in [0.25, 0.3) is 0 Å². The van der Waals surface area contributed by atoms with Crippen LogP contribution in [-0.2, 0) is 4.74 Å². The van der Waals surface area contributed by atoms with Crippen LogP contribution in [0.25, 0.3) is 10.9 Å². The fourth-order valence-corrected chi connectivity index (χ4v) is 1.93. The Bertz CT molecular complexity index is 578. The summed E-state index contributed by atoms with van der Waals surface area (Å²) in [5.41, 5.74) is 1.70. The largest absolute Gasteiger partial charge is 0.449 e. The van der Waals surface area contributed by atoms with Crippen molar-refractivity contribution in [1.82, 2.24) is 9.55 Å². The molecule has 2 rings (SSSR count). The fourth-order valence-electron chi connectivity index (χ4n) is 1.78. The van der Waals surface area contributed by atoms with Crippen LogP contribution < -0.4 is 0 Å². The van der Waals surface area contributed by atoms with E-state index >= 15 is 0 Å². The van der Waals surface area contributed by atoms with Crippen molar-refractivity contribution >= 4 is 28.6 Å². The van der Waals surface area contributed by atoms with E-state index in [0.29, 0.717) is 11.8 Å². The lowest BCUT2D eigenvalue weighted by atomic mass is 10.2. The summed E-state index contributed by atoms with van der Waals surface area (Å²) in [6.07, 6.45) is 4.91. The highest BCUT2D eigenvalue weighted by molar-refractivity contribution is 6.30. The number of halogens is 1. The normalized spacial score (nSPS) is 10.8. The fraction of sp³-hybridized carbons (Fsp3) is 0.385. The molecule has 0 N–H and O–H groups in total. The minimum absolute atomic E-state index is 0.364. The first kappa shape index (κ1) is 12.9. The molecule has 5 heteroatoms. The summed E-state index contributed by atoms with van der Waals surface area (Å²) in [6.45, 7) is 4.41. The maximum absolute atomic E-state index is 11.9. The average Bonchev–Trinajstić information content (AvgIpc) is 2.66. The van der Waals surface area contributed by atoms with Gasteiger partial charge in [0.1, 0.15) is 5.15 Å². The molecule has 96 valence electrons. The molecule has 0 fully saturated rings. The van der Waals surface area contributed by atoms with Crippen LogP contribution in [0.1, 0.15) is 25.3 Å². The molecule has 18 heavy (non-hydrogen) atoms. The summed E-state index contributed by atoms with van der Waals surface area (Å²) >= 11 is 5.85. The molecule has 4 nitrogen and oxygen atoms in total. The number of hydrogen-bond acceptors (Lipinski definition) is 3. The Hall–Kier alpha value is -1.55. The first-order valence-electron chi connectivity index (χ1n) is 5.93. The molecule has 2 aromatic heterocycles. The quantitative estimate of drug-likeness (QED) is 0.627. The summed E-state index contributed by atoms with van der Waals surface area (Å²) in [5, 5.41) is 1.27. The van der Waals surface area contributed by atoms with E-state index in [2.05, 4.69) is 11.9 Å². The molecule has 0 aliphatic carbocycles. The second-order valence-corrected chi connectivity index (χ2v) is 4.56.